The van der Waals surface area contributed by atoms with Crippen molar-refractivity contribution in [3.63, 3.8) is 0 Å². The summed E-state index contributed by atoms with van der Waals surface area (Å²) in [7, 11) is 1.91. The van der Waals surface area contributed by atoms with Crippen LogP contribution in [0.15, 0.2) is 66.7 Å². The first-order valence-electron chi connectivity index (χ1n) is 15.6. The Labute approximate surface area is 248 Å². The topological polar surface area (TPSA) is 73.2 Å². The number of amides is 1. The highest BCUT2D eigenvalue weighted by molar-refractivity contribution is 5.77. The third-order valence-corrected chi connectivity index (χ3v) is 11.0. The summed E-state index contributed by atoms with van der Waals surface area (Å²) < 4.78 is 6.75. The van der Waals surface area contributed by atoms with E-state index in [2.05, 4.69) is 61.2 Å². The molecule has 220 valence electrons. The zero-order chi connectivity index (χ0) is 29.2. The average Bonchev–Trinajstić information content (AvgIpc) is 3.32. The minimum Gasteiger partial charge on any atom is -0.504 e. The van der Waals surface area contributed by atoms with Crippen molar-refractivity contribution in [3.8, 4) is 11.5 Å². The first-order valence-corrected chi connectivity index (χ1v) is 15.6. The fraction of sp³-hybridized carbons (Fsp3) is 0.472. The molecule has 4 aliphatic rings. The number of phenols is 1. The summed E-state index contributed by atoms with van der Waals surface area (Å²) in [6, 6.07) is 22.4. The monoisotopic (exact) mass is 566 g/mol. The smallest absolute Gasteiger partial charge is 0.223 e. The number of likely N-dealkylation sites (N-methyl/N-ethyl adjacent to an activating group) is 1. The number of likely N-dealkylation sites (tertiary alicyclic amines) is 1. The van der Waals surface area contributed by atoms with Crippen LogP contribution in [-0.4, -0.2) is 69.8 Å². The Kier molecular flexibility index (Phi) is 6.63. The van der Waals surface area contributed by atoms with E-state index in [0.29, 0.717) is 25.0 Å². The molecule has 0 aromatic heterocycles. The number of rotatable bonds is 7. The summed E-state index contributed by atoms with van der Waals surface area (Å²) in [5.41, 5.74) is 4.14. The van der Waals surface area contributed by atoms with E-state index >= 15 is 0 Å². The molecule has 42 heavy (non-hydrogen) atoms. The zero-order valence-electron chi connectivity index (χ0n) is 24.9. The first-order chi connectivity index (χ1) is 20.2. The Morgan fingerprint density at radius 2 is 1.86 bits per heavy atom. The molecule has 2 heterocycles. The van der Waals surface area contributed by atoms with Crippen LogP contribution in [0.5, 0.6) is 11.5 Å². The van der Waals surface area contributed by atoms with Crippen molar-refractivity contribution in [2.24, 2.45) is 5.92 Å². The van der Waals surface area contributed by atoms with Gasteiger partial charge in [0.1, 0.15) is 6.10 Å². The SMILES string of the molecule is Cc1cccc(CCC(=O)N(C)C2C(C)C[C@@]3(O)[C@H]4Cc5ccc(O)c6c5[C@@]3(CCN4CCc3ccccc3)C2O6)c1. The maximum atomic E-state index is 13.7. The normalized spacial score (nSPS) is 30.9. The van der Waals surface area contributed by atoms with Crippen molar-refractivity contribution in [1.29, 1.82) is 0 Å². The van der Waals surface area contributed by atoms with E-state index in [9.17, 15) is 15.0 Å². The molecule has 2 N–H and O–H groups in total. The van der Waals surface area contributed by atoms with E-state index < -0.39 is 17.1 Å². The van der Waals surface area contributed by atoms with Crippen LogP contribution in [0.2, 0.25) is 0 Å². The Morgan fingerprint density at radius 1 is 1.07 bits per heavy atom. The van der Waals surface area contributed by atoms with Gasteiger partial charge in [-0.25, -0.2) is 0 Å². The summed E-state index contributed by atoms with van der Waals surface area (Å²) >= 11 is 0. The molecule has 6 heteroatoms. The van der Waals surface area contributed by atoms with Crippen molar-refractivity contribution in [3.05, 3.63) is 94.5 Å². The lowest BCUT2D eigenvalue weighted by molar-refractivity contribution is -0.212. The van der Waals surface area contributed by atoms with Gasteiger partial charge in [0.15, 0.2) is 11.5 Å². The van der Waals surface area contributed by atoms with E-state index in [1.807, 2.05) is 30.1 Å². The largest absolute Gasteiger partial charge is 0.504 e. The second-order valence-electron chi connectivity index (χ2n) is 13.3. The number of phenolic OH excluding ortho intramolecular Hbond substituents is 1. The fourth-order valence-corrected chi connectivity index (χ4v) is 9.11. The highest BCUT2D eigenvalue weighted by Crippen LogP contribution is 2.66. The van der Waals surface area contributed by atoms with E-state index in [1.165, 1.54) is 16.7 Å². The van der Waals surface area contributed by atoms with Gasteiger partial charge in [-0.05, 0) is 74.2 Å². The molecule has 2 aliphatic heterocycles. The summed E-state index contributed by atoms with van der Waals surface area (Å²) in [5, 5.41) is 23.9. The summed E-state index contributed by atoms with van der Waals surface area (Å²) in [6.45, 7) is 5.96. The number of piperidine rings is 1. The molecule has 6 nitrogen and oxygen atoms in total. The number of benzene rings is 3. The summed E-state index contributed by atoms with van der Waals surface area (Å²) in [6.07, 6.45) is 3.69. The lowest BCUT2D eigenvalue weighted by Crippen LogP contribution is -2.79. The van der Waals surface area contributed by atoms with Gasteiger partial charge in [0.2, 0.25) is 5.91 Å². The second-order valence-corrected chi connectivity index (χ2v) is 13.3. The third kappa shape index (κ3) is 4.02. The van der Waals surface area contributed by atoms with Crippen LogP contribution in [-0.2, 0) is 29.5 Å². The van der Waals surface area contributed by atoms with Gasteiger partial charge < -0.3 is 19.8 Å². The predicted molar refractivity (Wildman–Crippen MR) is 163 cm³/mol. The van der Waals surface area contributed by atoms with E-state index in [1.54, 1.807) is 6.07 Å². The molecule has 1 saturated carbocycles. The van der Waals surface area contributed by atoms with Gasteiger partial charge in [-0.15, -0.1) is 0 Å². The number of aromatic hydroxyl groups is 1. The highest BCUT2D eigenvalue weighted by Gasteiger charge is 2.74. The van der Waals surface area contributed by atoms with Crippen LogP contribution in [0.3, 0.4) is 0 Å². The lowest BCUT2D eigenvalue weighted by Gasteiger charge is -2.66. The van der Waals surface area contributed by atoms with Gasteiger partial charge in [0.25, 0.3) is 0 Å². The Bertz CT molecular complexity index is 1510. The molecule has 1 amide bonds. The van der Waals surface area contributed by atoms with Crippen molar-refractivity contribution < 1.29 is 19.7 Å². The Balaban J connectivity index is 1.21. The number of carbonyl (C=O) groups excluding carboxylic acids is 1. The minimum atomic E-state index is -1.01. The molecule has 6 atom stereocenters. The van der Waals surface area contributed by atoms with Gasteiger partial charge in [0, 0.05) is 31.6 Å². The Hall–Kier alpha value is -3.35. The number of aliphatic hydroxyl groups is 1. The molecule has 7 rings (SSSR count). The predicted octanol–water partition coefficient (Wildman–Crippen LogP) is 4.80. The number of hydrogen-bond acceptors (Lipinski definition) is 5. The first kappa shape index (κ1) is 27.5. The van der Waals surface area contributed by atoms with Crippen molar-refractivity contribution in [2.45, 2.75) is 81.6 Å². The van der Waals surface area contributed by atoms with Crippen molar-refractivity contribution >= 4 is 5.91 Å². The standard InChI is InChI=1S/C36H42N2O4/c1-23-8-7-11-26(20-23)12-15-30(40)37(3)32-24(2)22-36(41)29-21-27-13-14-28(39)33-31(27)35(36,34(32)42-33)17-19-38(29)18-16-25-9-5-4-6-10-25/h4-11,13-14,20,24,29,32,34,39,41H,12,15-19,21-22H2,1-3H3/t24?,29-,32?,34?,35+,36-/m1/s1. The summed E-state index contributed by atoms with van der Waals surface area (Å²) in [4.78, 5) is 18.1. The Morgan fingerprint density at radius 3 is 2.64 bits per heavy atom. The van der Waals surface area contributed by atoms with Crippen LogP contribution in [0.1, 0.15) is 54.0 Å². The number of hydrogen-bond donors (Lipinski definition) is 2. The molecule has 3 unspecified atom stereocenters. The van der Waals surface area contributed by atoms with E-state index in [-0.39, 0.29) is 29.7 Å². The number of carbonyl (C=O) groups is 1. The molecule has 1 spiro atoms. The van der Waals surface area contributed by atoms with Crippen molar-refractivity contribution in [1.82, 2.24) is 9.80 Å². The van der Waals surface area contributed by atoms with Gasteiger partial charge in [-0.2, -0.15) is 0 Å². The maximum Gasteiger partial charge on any atom is 0.223 e. The second kappa shape index (κ2) is 10.1. The maximum absolute atomic E-state index is 13.7. The minimum absolute atomic E-state index is 0.0237. The molecule has 2 fully saturated rings. The number of aryl methyl sites for hydroxylation is 2. The summed E-state index contributed by atoms with van der Waals surface area (Å²) in [5.74, 6) is 0.763. The average molecular weight is 567 g/mol. The van der Waals surface area contributed by atoms with Crippen LogP contribution in [0.4, 0.5) is 0 Å². The van der Waals surface area contributed by atoms with Crippen molar-refractivity contribution in [2.75, 3.05) is 20.1 Å². The lowest BCUT2D eigenvalue weighted by atomic mass is 9.46. The van der Waals surface area contributed by atoms with Crippen LogP contribution >= 0.6 is 0 Å². The molecule has 2 bridgehead atoms. The number of ether oxygens (including phenoxy) is 1. The zero-order valence-corrected chi connectivity index (χ0v) is 24.9. The highest BCUT2D eigenvalue weighted by atomic mass is 16.5. The molecule has 3 aromatic rings. The van der Waals surface area contributed by atoms with Crippen LogP contribution < -0.4 is 4.74 Å². The quantitative estimate of drug-likeness (QED) is 0.430. The van der Waals surface area contributed by atoms with Crippen LogP contribution in [0.25, 0.3) is 0 Å². The van der Waals surface area contributed by atoms with Gasteiger partial charge in [-0.3, -0.25) is 9.69 Å². The molecule has 2 aliphatic carbocycles. The molecule has 0 radical (unpaired) electrons. The molecule has 3 aromatic carbocycles. The third-order valence-electron chi connectivity index (χ3n) is 11.0. The van der Waals surface area contributed by atoms with E-state index in [4.69, 9.17) is 4.74 Å². The van der Waals surface area contributed by atoms with Gasteiger partial charge in [0.05, 0.1) is 17.1 Å². The van der Waals surface area contributed by atoms with Gasteiger partial charge >= 0.3 is 0 Å². The van der Waals surface area contributed by atoms with Gasteiger partial charge in [-0.1, -0.05) is 73.2 Å². The van der Waals surface area contributed by atoms with E-state index in [0.717, 1.165) is 43.5 Å². The molecule has 1 saturated heterocycles. The number of nitrogens with zero attached hydrogens (tertiary/aromatic N) is 2. The molecular weight excluding hydrogens is 524 g/mol. The fourth-order valence-electron chi connectivity index (χ4n) is 9.11. The molecular formula is C36H42N2O4. The van der Waals surface area contributed by atoms with Crippen LogP contribution in [0, 0.1) is 12.8 Å².